The third kappa shape index (κ3) is 8.41. The molecule has 2 saturated heterocycles. The molecule has 162 valence electrons. The molecule has 0 radical (unpaired) electrons. The number of carbonyl (C=O) groups is 1. The highest BCUT2D eigenvalue weighted by Crippen LogP contribution is 2.17. The van der Waals surface area contributed by atoms with Gasteiger partial charge in [-0.2, -0.15) is 0 Å². The number of amides is 1. The zero-order valence-corrected chi connectivity index (χ0v) is 17.9. The highest BCUT2D eigenvalue weighted by molar-refractivity contribution is 5.78. The van der Waals surface area contributed by atoms with Gasteiger partial charge in [-0.15, -0.1) is 0 Å². The lowest BCUT2D eigenvalue weighted by atomic mass is 9.96. The van der Waals surface area contributed by atoms with Gasteiger partial charge in [-0.3, -0.25) is 9.78 Å². The molecule has 0 bridgehead atoms. The third-order valence-corrected chi connectivity index (χ3v) is 6.33. The molecule has 1 aromatic rings. The molecule has 3 rings (SSSR count). The summed E-state index contributed by atoms with van der Waals surface area (Å²) >= 11 is 0. The molecule has 2 aliphatic rings. The Morgan fingerprint density at radius 1 is 1.03 bits per heavy atom. The largest absolute Gasteiger partial charge is 0.342 e. The topological polar surface area (TPSA) is 69.3 Å². The van der Waals surface area contributed by atoms with Crippen molar-refractivity contribution in [3.63, 3.8) is 0 Å². The lowest BCUT2D eigenvalue weighted by Crippen LogP contribution is -2.41. The van der Waals surface area contributed by atoms with Gasteiger partial charge in [-0.1, -0.05) is 6.07 Å². The van der Waals surface area contributed by atoms with Crippen molar-refractivity contribution < 1.29 is 4.79 Å². The number of hydrogen-bond donors (Lipinski definition) is 3. The summed E-state index contributed by atoms with van der Waals surface area (Å²) in [4.78, 5) is 18.6. The van der Waals surface area contributed by atoms with Crippen molar-refractivity contribution in [1.82, 2.24) is 25.8 Å². The predicted molar refractivity (Wildman–Crippen MR) is 118 cm³/mol. The second-order valence-electron chi connectivity index (χ2n) is 8.67. The van der Waals surface area contributed by atoms with Crippen molar-refractivity contribution in [3.05, 3.63) is 30.1 Å². The molecule has 2 aliphatic heterocycles. The number of aromatic nitrogens is 1. The highest BCUT2D eigenvalue weighted by Gasteiger charge is 2.22. The Kier molecular flexibility index (Phi) is 9.90. The van der Waals surface area contributed by atoms with Crippen molar-refractivity contribution in [2.45, 2.75) is 44.9 Å². The summed E-state index contributed by atoms with van der Waals surface area (Å²) in [5.41, 5.74) is 1.01. The first-order valence-corrected chi connectivity index (χ1v) is 11.6. The summed E-state index contributed by atoms with van der Waals surface area (Å²) in [6, 6.07) is 3.87. The first-order chi connectivity index (χ1) is 14.3. The molecule has 1 aromatic heterocycles. The molecular weight excluding hydrogens is 362 g/mol. The van der Waals surface area contributed by atoms with E-state index in [0.717, 1.165) is 57.0 Å². The van der Waals surface area contributed by atoms with Crippen LogP contribution >= 0.6 is 0 Å². The summed E-state index contributed by atoms with van der Waals surface area (Å²) in [6.45, 7) is 8.69. The van der Waals surface area contributed by atoms with E-state index in [1.807, 2.05) is 17.0 Å². The first-order valence-electron chi connectivity index (χ1n) is 11.6. The Morgan fingerprint density at radius 3 is 2.31 bits per heavy atom. The Morgan fingerprint density at radius 2 is 1.69 bits per heavy atom. The quantitative estimate of drug-likeness (QED) is 0.494. The van der Waals surface area contributed by atoms with Crippen LogP contribution in [-0.4, -0.2) is 68.1 Å². The number of pyridine rings is 1. The van der Waals surface area contributed by atoms with Gasteiger partial charge in [0.05, 0.1) is 6.42 Å². The first kappa shape index (κ1) is 22.2. The van der Waals surface area contributed by atoms with Gasteiger partial charge in [-0.05, 0) is 101 Å². The molecule has 6 nitrogen and oxygen atoms in total. The van der Waals surface area contributed by atoms with Crippen molar-refractivity contribution in [2.75, 3.05) is 52.4 Å². The number of nitrogens with one attached hydrogen (secondary N) is 3. The van der Waals surface area contributed by atoms with Crippen LogP contribution in [0.4, 0.5) is 0 Å². The maximum absolute atomic E-state index is 12.4. The lowest BCUT2D eigenvalue weighted by Gasteiger charge is -2.32. The number of carbonyl (C=O) groups excluding carboxylic acids is 1. The average Bonchev–Trinajstić information content (AvgIpc) is 2.77. The third-order valence-electron chi connectivity index (χ3n) is 6.33. The van der Waals surface area contributed by atoms with E-state index in [1.165, 1.54) is 45.3 Å². The Bertz CT molecular complexity index is 568. The standard InChI is InChI=1S/C23H39N5O/c29-23(16-22-4-3-11-27-19-22)28-14-7-21(8-15-28)18-26-10-2-1-9-25-17-20-5-12-24-13-6-20/h3-4,11,19-21,24-26H,1-2,5-10,12-18H2. The Hall–Kier alpha value is -1.50. The normalized spacial score (nSPS) is 18.8. The number of unbranched alkanes of at least 4 members (excludes halogenated alkanes) is 1. The molecule has 0 spiro atoms. The summed E-state index contributed by atoms with van der Waals surface area (Å²) in [5.74, 6) is 1.81. The SMILES string of the molecule is O=C(Cc1cccnc1)N1CCC(CNCCCCNCC2CCNCC2)CC1. The number of likely N-dealkylation sites (tertiary alicyclic amines) is 1. The van der Waals surface area contributed by atoms with Crippen LogP contribution in [-0.2, 0) is 11.2 Å². The van der Waals surface area contributed by atoms with Gasteiger partial charge in [0.2, 0.25) is 5.91 Å². The van der Waals surface area contributed by atoms with Gasteiger partial charge >= 0.3 is 0 Å². The summed E-state index contributed by atoms with van der Waals surface area (Å²) < 4.78 is 0. The number of nitrogens with zero attached hydrogens (tertiary/aromatic N) is 2. The maximum atomic E-state index is 12.4. The highest BCUT2D eigenvalue weighted by atomic mass is 16.2. The Labute approximate surface area is 176 Å². The van der Waals surface area contributed by atoms with Crippen molar-refractivity contribution in [2.24, 2.45) is 11.8 Å². The van der Waals surface area contributed by atoms with Crippen LogP contribution in [0.5, 0.6) is 0 Å². The molecule has 0 atom stereocenters. The molecule has 0 aromatic carbocycles. The van der Waals surface area contributed by atoms with Crippen LogP contribution in [0.25, 0.3) is 0 Å². The van der Waals surface area contributed by atoms with Gasteiger partial charge in [0.15, 0.2) is 0 Å². The average molecular weight is 402 g/mol. The molecule has 3 heterocycles. The van der Waals surface area contributed by atoms with E-state index in [0.29, 0.717) is 12.3 Å². The second-order valence-corrected chi connectivity index (χ2v) is 8.67. The molecule has 29 heavy (non-hydrogen) atoms. The van der Waals surface area contributed by atoms with E-state index in [-0.39, 0.29) is 5.91 Å². The molecule has 1 amide bonds. The van der Waals surface area contributed by atoms with E-state index in [2.05, 4.69) is 20.9 Å². The fraction of sp³-hybridized carbons (Fsp3) is 0.739. The molecule has 2 fully saturated rings. The van der Waals surface area contributed by atoms with Gasteiger partial charge in [-0.25, -0.2) is 0 Å². The fourth-order valence-electron chi connectivity index (χ4n) is 4.37. The van der Waals surface area contributed by atoms with Crippen LogP contribution in [0, 0.1) is 11.8 Å². The molecule has 6 heteroatoms. The number of hydrogen-bond acceptors (Lipinski definition) is 5. The molecule has 0 unspecified atom stereocenters. The summed E-state index contributed by atoms with van der Waals surface area (Å²) in [6.07, 6.45) is 11.4. The molecule has 3 N–H and O–H groups in total. The minimum atomic E-state index is 0.237. The number of rotatable bonds is 11. The minimum absolute atomic E-state index is 0.237. The van der Waals surface area contributed by atoms with Crippen LogP contribution in [0.1, 0.15) is 44.1 Å². The van der Waals surface area contributed by atoms with Crippen LogP contribution in [0.15, 0.2) is 24.5 Å². The predicted octanol–water partition coefficient (Wildman–Crippen LogP) is 1.82. The smallest absolute Gasteiger partial charge is 0.227 e. The van der Waals surface area contributed by atoms with Crippen LogP contribution < -0.4 is 16.0 Å². The lowest BCUT2D eigenvalue weighted by molar-refractivity contribution is -0.131. The molecule has 0 saturated carbocycles. The van der Waals surface area contributed by atoms with Crippen molar-refractivity contribution in [3.8, 4) is 0 Å². The van der Waals surface area contributed by atoms with Gasteiger partial charge in [0.25, 0.3) is 0 Å². The second kappa shape index (κ2) is 12.9. The Balaban J connectivity index is 1.16. The van der Waals surface area contributed by atoms with Crippen LogP contribution in [0.3, 0.4) is 0 Å². The van der Waals surface area contributed by atoms with E-state index < -0.39 is 0 Å². The monoisotopic (exact) mass is 401 g/mol. The van der Waals surface area contributed by atoms with E-state index in [4.69, 9.17) is 0 Å². The van der Waals surface area contributed by atoms with Gasteiger partial charge in [0, 0.05) is 25.5 Å². The fourth-order valence-corrected chi connectivity index (χ4v) is 4.37. The van der Waals surface area contributed by atoms with Crippen LogP contribution in [0.2, 0.25) is 0 Å². The minimum Gasteiger partial charge on any atom is -0.342 e. The van der Waals surface area contributed by atoms with E-state index in [9.17, 15) is 4.79 Å². The van der Waals surface area contributed by atoms with Gasteiger partial charge < -0.3 is 20.9 Å². The summed E-state index contributed by atoms with van der Waals surface area (Å²) in [7, 11) is 0. The van der Waals surface area contributed by atoms with E-state index in [1.54, 1.807) is 12.4 Å². The van der Waals surface area contributed by atoms with Crippen molar-refractivity contribution in [1.29, 1.82) is 0 Å². The number of piperidine rings is 2. The van der Waals surface area contributed by atoms with E-state index >= 15 is 0 Å². The van der Waals surface area contributed by atoms with Crippen molar-refractivity contribution >= 4 is 5.91 Å². The van der Waals surface area contributed by atoms with Gasteiger partial charge in [0.1, 0.15) is 0 Å². The molecular formula is C23H39N5O. The maximum Gasteiger partial charge on any atom is 0.227 e. The summed E-state index contributed by atoms with van der Waals surface area (Å²) in [5, 5.41) is 10.7. The zero-order valence-electron chi connectivity index (χ0n) is 17.9. The zero-order chi connectivity index (χ0) is 20.2. The molecule has 0 aliphatic carbocycles.